The number of hydrogen-bond acceptors (Lipinski definition) is 3. The van der Waals surface area contributed by atoms with E-state index in [9.17, 15) is 14.9 Å². The molecule has 2 rings (SSSR count). The van der Waals surface area contributed by atoms with Crippen LogP contribution in [0.2, 0.25) is 5.02 Å². The van der Waals surface area contributed by atoms with Crippen LogP contribution in [0.3, 0.4) is 0 Å². The van der Waals surface area contributed by atoms with Crippen LogP contribution in [-0.2, 0) is 0 Å². The number of carbonyl (C=O) groups is 1. The maximum Gasteiger partial charge on any atom is 0.322 e. The fourth-order valence-corrected chi connectivity index (χ4v) is 2.64. The van der Waals surface area contributed by atoms with Crippen molar-refractivity contribution in [1.29, 1.82) is 0 Å². The van der Waals surface area contributed by atoms with Crippen molar-refractivity contribution in [2.75, 3.05) is 12.4 Å². The van der Waals surface area contributed by atoms with E-state index in [2.05, 4.69) is 5.32 Å². The first-order valence-electron chi connectivity index (χ1n) is 7.34. The van der Waals surface area contributed by atoms with Crippen LogP contribution in [0.1, 0.15) is 24.1 Å². The molecule has 2 aromatic rings. The predicted octanol–water partition coefficient (Wildman–Crippen LogP) is 4.78. The van der Waals surface area contributed by atoms with E-state index in [0.29, 0.717) is 16.3 Å². The van der Waals surface area contributed by atoms with Gasteiger partial charge in [-0.3, -0.25) is 10.1 Å². The van der Waals surface area contributed by atoms with Gasteiger partial charge in [0.1, 0.15) is 0 Å². The van der Waals surface area contributed by atoms with E-state index in [0.717, 1.165) is 5.56 Å². The van der Waals surface area contributed by atoms with E-state index in [-0.39, 0.29) is 17.8 Å². The number of halogens is 1. The number of rotatable bonds is 4. The number of carbonyl (C=O) groups excluding carboxylic acids is 1. The van der Waals surface area contributed by atoms with Crippen LogP contribution in [0.5, 0.6) is 0 Å². The standard InChI is InChI=1S/C17H18ClN3O3/c1-11-10-13(8-9-16(11)21(23)24)19-17(22)20(3)12(2)14-6-4-5-7-15(14)18/h4-10,12H,1-3H3,(H,19,22). The number of anilines is 1. The zero-order valence-corrected chi connectivity index (χ0v) is 14.4. The van der Waals surface area contributed by atoms with E-state index >= 15 is 0 Å². The lowest BCUT2D eigenvalue weighted by Gasteiger charge is -2.26. The monoisotopic (exact) mass is 347 g/mol. The molecule has 0 fully saturated rings. The Balaban J connectivity index is 2.13. The van der Waals surface area contributed by atoms with Crippen LogP contribution in [0.15, 0.2) is 42.5 Å². The number of aryl methyl sites for hydroxylation is 1. The van der Waals surface area contributed by atoms with Crippen LogP contribution in [0.4, 0.5) is 16.2 Å². The SMILES string of the molecule is Cc1cc(NC(=O)N(C)C(C)c2ccccc2Cl)ccc1[N+](=O)[O-]. The molecule has 0 aliphatic carbocycles. The third kappa shape index (κ3) is 3.83. The highest BCUT2D eigenvalue weighted by Gasteiger charge is 2.20. The van der Waals surface area contributed by atoms with E-state index in [4.69, 9.17) is 11.6 Å². The molecule has 6 nitrogen and oxygen atoms in total. The third-order valence-corrected chi connectivity index (χ3v) is 4.25. The van der Waals surface area contributed by atoms with Crippen LogP contribution < -0.4 is 5.32 Å². The maximum absolute atomic E-state index is 12.4. The van der Waals surface area contributed by atoms with Crippen LogP contribution in [0, 0.1) is 17.0 Å². The molecule has 1 N–H and O–H groups in total. The van der Waals surface area contributed by atoms with Gasteiger partial charge in [0.25, 0.3) is 5.69 Å². The topological polar surface area (TPSA) is 75.5 Å². The minimum absolute atomic E-state index is 0.0192. The second-order valence-corrected chi connectivity index (χ2v) is 5.90. The smallest absolute Gasteiger partial charge is 0.321 e. The fraction of sp³-hybridized carbons (Fsp3) is 0.235. The number of nitrogens with one attached hydrogen (secondary N) is 1. The Kier molecular flexibility index (Phi) is 5.41. The summed E-state index contributed by atoms with van der Waals surface area (Å²) in [6, 6.07) is 11.3. The number of urea groups is 1. The zero-order chi connectivity index (χ0) is 17.9. The van der Waals surface area contributed by atoms with Crippen molar-refractivity contribution in [2.45, 2.75) is 19.9 Å². The van der Waals surface area contributed by atoms with Gasteiger partial charge in [-0.25, -0.2) is 4.79 Å². The Bertz CT molecular complexity index is 779. The quantitative estimate of drug-likeness (QED) is 0.638. The molecule has 1 unspecified atom stereocenters. The summed E-state index contributed by atoms with van der Waals surface area (Å²) in [5.74, 6) is 0. The van der Waals surface area contributed by atoms with Crippen molar-refractivity contribution >= 4 is 29.0 Å². The molecule has 7 heteroatoms. The molecule has 2 amide bonds. The van der Waals surface area contributed by atoms with Crippen molar-refractivity contribution < 1.29 is 9.72 Å². The van der Waals surface area contributed by atoms with Gasteiger partial charge in [-0.1, -0.05) is 29.8 Å². The number of benzene rings is 2. The Morgan fingerprint density at radius 2 is 1.96 bits per heavy atom. The summed E-state index contributed by atoms with van der Waals surface area (Å²) < 4.78 is 0. The second-order valence-electron chi connectivity index (χ2n) is 5.50. The summed E-state index contributed by atoms with van der Waals surface area (Å²) in [7, 11) is 1.67. The molecule has 126 valence electrons. The van der Waals surface area contributed by atoms with E-state index < -0.39 is 4.92 Å². The van der Waals surface area contributed by atoms with Gasteiger partial charge < -0.3 is 10.2 Å². The first-order valence-corrected chi connectivity index (χ1v) is 7.72. The predicted molar refractivity (Wildman–Crippen MR) is 94.5 cm³/mol. The number of nitro groups is 1. The highest BCUT2D eigenvalue weighted by Crippen LogP contribution is 2.27. The lowest BCUT2D eigenvalue weighted by atomic mass is 10.1. The maximum atomic E-state index is 12.4. The minimum Gasteiger partial charge on any atom is -0.321 e. The lowest BCUT2D eigenvalue weighted by Crippen LogP contribution is -2.33. The number of amides is 2. The third-order valence-electron chi connectivity index (χ3n) is 3.90. The molecule has 0 aromatic heterocycles. The number of hydrogen-bond donors (Lipinski definition) is 1. The minimum atomic E-state index is -0.452. The van der Waals surface area contributed by atoms with Crippen molar-refractivity contribution in [3.63, 3.8) is 0 Å². The molecule has 2 aromatic carbocycles. The molecule has 0 aliphatic rings. The molecule has 0 saturated heterocycles. The van der Waals surface area contributed by atoms with E-state index in [1.807, 2.05) is 25.1 Å². The molecule has 0 bridgehead atoms. The summed E-state index contributed by atoms with van der Waals surface area (Å²) in [6.07, 6.45) is 0. The van der Waals surface area contributed by atoms with E-state index in [1.165, 1.54) is 17.0 Å². The Morgan fingerprint density at radius 3 is 2.54 bits per heavy atom. The fourth-order valence-electron chi connectivity index (χ4n) is 2.35. The van der Waals surface area contributed by atoms with Gasteiger partial charge in [-0.05, 0) is 37.6 Å². The molecular weight excluding hydrogens is 330 g/mol. The van der Waals surface area contributed by atoms with Crippen LogP contribution >= 0.6 is 11.6 Å². The van der Waals surface area contributed by atoms with Gasteiger partial charge in [-0.2, -0.15) is 0 Å². The summed E-state index contributed by atoms with van der Waals surface area (Å²) in [6.45, 7) is 3.51. The summed E-state index contributed by atoms with van der Waals surface area (Å²) in [4.78, 5) is 24.3. The number of nitrogens with zero attached hydrogens (tertiary/aromatic N) is 2. The number of nitro benzene ring substituents is 1. The normalized spacial score (nSPS) is 11.7. The van der Waals surface area contributed by atoms with Crippen molar-refractivity contribution in [2.24, 2.45) is 0 Å². The van der Waals surface area contributed by atoms with Crippen molar-refractivity contribution in [1.82, 2.24) is 4.90 Å². The lowest BCUT2D eigenvalue weighted by molar-refractivity contribution is -0.385. The summed E-state index contributed by atoms with van der Waals surface area (Å²) >= 11 is 6.17. The van der Waals surface area contributed by atoms with Gasteiger partial charge in [0.15, 0.2) is 0 Å². The highest BCUT2D eigenvalue weighted by atomic mass is 35.5. The zero-order valence-electron chi connectivity index (χ0n) is 13.6. The molecule has 0 heterocycles. The molecule has 0 aliphatic heterocycles. The van der Waals surface area contributed by atoms with E-state index in [1.54, 1.807) is 26.1 Å². The van der Waals surface area contributed by atoms with Crippen LogP contribution in [-0.4, -0.2) is 22.9 Å². The Hall–Kier alpha value is -2.60. The van der Waals surface area contributed by atoms with Crippen LogP contribution in [0.25, 0.3) is 0 Å². The van der Waals surface area contributed by atoms with Gasteiger partial charge in [0.2, 0.25) is 0 Å². The first-order chi connectivity index (χ1) is 11.3. The molecule has 24 heavy (non-hydrogen) atoms. The largest absolute Gasteiger partial charge is 0.322 e. The Morgan fingerprint density at radius 1 is 1.29 bits per heavy atom. The average molecular weight is 348 g/mol. The van der Waals surface area contributed by atoms with Gasteiger partial charge in [-0.15, -0.1) is 0 Å². The Labute approximate surface area is 145 Å². The molecule has 1 atom stereocenters. The molecule has 0 saturated carbocycles. The highest BCUT2D eigenvalue weighted by molar-refractivity contribution is 6.31. The second kappa shape index (κ2) is 7.31. The van der Waals surface area contributed by atoms with Gasteiger partial charge in [0.05, 0.1) is 11.0 Å². The van der Waals surface area contributed by atoms with Gasteiger partial charge >= 0.3 is 6.03 Å². The average Bonchev–Trinajstić information content (AvgIpc) is 2.53. The summed E-state index contributed by atoms with van der Waals surface area (Å²) in [5.41, 5.74) is 1.85. The summed E-state index contributed by atoms with van der Waals surface area (Å²) in [5, 5.41) is 14.2. The van der Waals surface area contributed by atoms with Crippen molar-refractivity contribution in [3.8, 4) is 0 Å². The molecule has 0 spiro atoms. The molecule has 0 radical (unpaired) electrons. The first kappa shape index (κ1) is 17.7. The molecular formula is C17H18ClN3O3. The van der Waals surface area contributed by atoms with Crippen molar-refractivity contribution in [3.05, 3.63) is 68.7 Å². The van der Waals surface area contributed by atoms with Gasteiger partial charge in [0, 0.05) is 29.4 Å².